The Morgan fingerprint density at radius 1 is 0.735 bits per heavy atom. The zero-order valence-electron chi connectivity index (χ0n) is 27.8. The van der Waals surface area contributed by atoms with Crippen LogP contribution >= 0.6 is 0 Å². The molecule has 3 nitrogen and oxygen atoms in total. The van der Waals surface area contributed by atoms with Gasteiger partial charge in [0.1, 0.15) is 5.52 Å². The summed E-state index contributed by atoms with van der Waals surface area (Å²) < 4.78 is 8.61. The van der Waals surface area contributed by atoms with E-state index in [0.29, 0.717) is 0 Å². The lowest BCUT2D eigenvalue weighted by Crippen LogP contribution is -2.08. The average molecular weight is 635 g/mol. The molecule has 1 atom stereocenters. The lowest BCUT2D eigenvalue weighted by molar-refractivity contribution is 0.580. The fraction of sp³-hybridized carbons (Fsp3) is 0.152. The van der Waals surface area contributed by atoms with Crippen LogP contribution in [0.15, 0.2) is 150 Å². The molecule has 0 bridgehead atoms. The van der Waals surface area contributed by atoms with Crippen molar-refractivity contribution in [3.05, 3.63) is 174 Å². The van der Waals surface area contributed by atoms with Crippen LogP contribution in [0.3, 0.4) is 0 Å². The summed E-state index contributed by atoms with van der Waals surface area (Å²) in [5, 5.41) is 2.57. The standard InChI is InChI=1S/C46H38N2O/c1-2-12-31-21-28-45-42(29-31)47-46(49-45)33-24-22-32(23-25-33)36-15-6-8-17-38(36)39-18-9-7-16-37(39)34-26-27-44-41(30-34)40-19-10-11-20-43(40)48(44)35-13-4-3-5-14-35/h3-11,13-17,19-22,24,26-30,39H,2,12,18,23,25H2,1H3. The topological polar surface area (TPSA) is 31.0 Å². The molecule has 9 rings (SSSR count). The molecule has 3 heteroatoms. The van der Waals surface area contributed by atoms with Crippen LogP contribution in [0, 0.1) is 0 Å². The first-order chi connectivity index (χ1) is 24.2. The van der Waals surface area contributed by atoms with E-state index in [1.165, 1.54) is 66.5 Å². The first-order valence-corrected chi connectivity index (χ1v) is 17.6. The van der Waals surface area contributed by atoms with Crippen LogP contribution in [0.5, 0.6) is 0 Å². The maximum absolute atomic E-state index is 6.22. The van der Waals surface area contributed by atoms with Gasteiger partial charge >= 0.3 is 0 Å². The van der Waals surface area contributed by atoms with E-state index in [4.69, 9.17) is 9.40 Å². The van der Waals surface area contributed by atoms with Crippen molar-refractivity contribution in [2.45, 2.75) is 44.9 Å². The van der Waals surface area contributed by atoms with Crippen LogP contribution in [0.1, 0.15) is 66.7 Å². The van der Waals surface area contributed by atoms with Crippen molar-refractivity contribution in [2.24, 2.45) is 0 Å². The van der Waals surface area contributed by atoms with Gasteiger partial charge in [-0.2, -0.15) is 0 Å². The normalized spacial score (nSPS) is 16.3. The van der Waals surface area contributed by atoms with Gasteiger partial charge in [-0.05, 0) is 102 Å². The Hall–Kier alpha value is -5.67. The number of fused-ring (bicyclic) bond motifs is 4. The number of hydrogen-bond donors (Lipinski definition) is 0. The van der Waals surface area contributed by atoms with Crippen molar-refractivity contribution in [3.63, 3.8) is 0 Å². The highest BCUT2D eigenvalue weighted by Gasteiger charge is 2.25. The van der Waals surface area contributed by atoms with Crippen molar-refractivity contribution in [3.8, 4) is 5.69 Å². The summed E-state index contributed by atoms with van der Waals surface area (Å²) in [4.78, 5) is 4.89. The van der Waals surface area contributed by atoms with Gasteiger partial charge in [0.15, 0.2) is 5.58 Å². The summed E-state index contributed by atoms with van der Waals surface area (Å²) in [7, 11) is 0. The molecule has 2 aliphatic carbocycles. The van der Waals surface area contributed by atoms with Crippen LogP contribution in [0.4, 0.5) is 0 Å². The zero-order valence-corrected chi connectivity index (χ0v) is 27.8. The molecule has 7 aromatic rings. The van der Waals surface area contributed by atoms with E-state index >= 15 is 0 Å². The van der Waals surface area contributed by atoms with Gasteiger partial charge in [-0.15, -0.1) is 0 Å². The molecular weight excluding hydrogens is 597 g/mol. The smallest absolute Gasteiger partial charge is 0.223 e. The van der Waals surface area contributed by atoms with Gasteiger partial charge in [-0.3, -0.25) is 0 Å². The molecule has 5 aromatic carbocycles. The number of benzene rings is 5. The Kier molecular flexibility index (Phi) is 7.46. The van der Waals surface area contributed by atoms with Gasteiger partial charge in [0, 0.05) is 28.0 Å². The lowest BCUT2D eigenvalue weighted by atomic mass is 9.77. The van der Waals surface area contributed by atoms with Gasteiger partial charge in [0.2, 0.25) is 5.89 Å². The Balaban J connectivity index is 1.07. The van der Waals surface area contributed by atoms with Gasteiger partial charge in [-0.25, -0.2) is 4.98 Å². The molecule has 0 saturated heterocycles. The minimum Gasteiger partial charge on any atom is -0.436 e. The highest BCUT2D eigenvalue weighted by atomic mass is 16.3. The predicted octanol–water partition coefficient (Wildman–Crippen LogP) is 12.3. The summed E-state index contributed by atoms with van der Waals surface area (Å²) >= 11 is 0. The van der Waals surface area contributed by atoms with Crippen LogP contribution in [-0.4, -0.2) is 9.55 Å². The third-order valence-corrected chi connectivity index (χ3v) is 10.3. The average Bonchev–Trinajstić information content (AvgIpc) is 3.74. The molecule has 1 unspecified atom stereocenters. The second kappa shape index (κ2) is 12.4. The second-order valence-corrected chi connectivity index (χ2v) is 13.3. The van der Waals surface area contributed by atoms with Gasteiger partial charge in [0.05, 0.1) is 11.0 Å². The Morgan fingerprint density at radius 2 is 1.53 bits per heavy atom. The third-order valence-electron chi connectivity index (χ3n) is 10.3. The Labute approximate surface area is 287 Å². The SMILES string of the molecule is CCCc1ccc2oc(C3=CC=C(c4ccccc4C4CC=CC=C4c4ccc5c(c4)c4ccccc4n5-c4ccccc4)CC3)nc2c1. The molecule has 0 amide bonds. The number of para-hydroxylation sites is 2. The second-order valence-electron chi connectivity index (χ2n) is 13.3. The van der Waals surface area contributed by atoms with E-state index in [-0.39, 0.29) is 5.92 Å². The predicted molar refractivity (Wildman–Crippen MR) is 205 cm³/mol. The van der Waals surface area contributed by atoms with E-state index in [2.05, 4.69) is 157 Å². The molecule has 0 spiro atoms. The van der Waals surface area contributed by atoms with Crippen molar-refractivity contribution in [1.29, 1.82) is 0 Å². The van der Waals surface area contributed by atoms with Crippen molar-refractivity contribution >= 4 is 49.6 Å². The molecule has 0 N–H and O–H groups in total. The Bertz CT molecular complexity index is 2480. The summed E-state index contributed by atoms with van der Waals surface area (Å²) in [6, 6.07) is 41.9. The minimum atomic E-state index is 0.266. The molecule has 238 valence electrons. The number of allylic oxidation sites excluding steroid dienone is 8. The van der Waals surface area contributed by atoms with E-state index in [9.17, 15) is 0 Å². The fourth-order valence-corrected chi connectivity index (χ4v) is 7.92. The molecule has 0 saturated carbocycles. The van der Waals surface area contributed by atoms with E-state index in [1.807, 2.05) is 0 Å². The third kappa shape index (κ3) is 5.27. The Morgan fingerprint density at radius 3 is 2.41 bits per heavy atom. The molecule has 49 heavy (non-hydrogen) atoms. The van der Waals surface area contributed by atoms with E-state index < -0.39 is 0 Å². The van der Waals surface area contributed by atoms with Crippen molar-refractivity contribution < 1.29 is 4.42 Å². The van der Waals surface area contributed by atoms with Crippen LogP contribution in [-0.2, 0) is 6.42 Å². The summed E-state index contributed by atoms with van der Waals surface area (Å²) in [5.41, 5.74) is 14.7. The molecule has 2 aromatic heterocycles. The van der Waals surface area contributed by atoms with Crippen LogP contribution < -0.4 is 0 Å². The number of rotatable bonds is 7. The maximum Gasteiger partial charge on any atom is 0.223 e. The fourth-order valence-electron chi connectivity index (χ4n) is 7.92. The first-order valence-electron chi connectivity index (χ1n) is 17.6. The highest BCUT2D eigenvalue weighted by Crippen LogP contribution is 2.44. The molecule has 0 fully saturated rings. The minimum absolute atomic E-state index is 0.266. The summed E-state index contributed by atoms with van der Waals surface area (Å²) in [6.45, 7) is 2.21. The monoisotopic (exact) mass is 634 g/mol. The first kappa shape index (κ1) is 29.5. The zero-order chi connectivity index (χ0) is 32.7. The molecule has 0 radical (unpaired) electrons. The van der Waals surface area contributed by atoms with Crippen molar-refractivity contribution in [2.75, 3.05) is 0 Å². The number of aryl methyl sites for hydroxylation is 1. The molecule has 2 aliphatic rings. The molecular formula is C46H38N2O. The lowest BCUT2D eigenvalue weighted by Gasteiger charge is -2.26. The van der Waals surface area contributed by atoms with Crippen molar-refractivity contribution in [1.82, 2.24) is 9.55 Å². The quantitative estimate of drug-likeness (QED) is 0.175. The van der Waals surface area contributed by atoms with Crippen LogP contribution in [0.2, 0.25) is 0 Å². The van der Waals surface area contributed by atoms with Gasteiger partial charge < -0.3 is 8.98 Å². The van der Waals surface area contributed by atoms with Gasteiger partial charge in [-0.1, -0.05) is 117 Å². The number of hydrogen-bond acceptors (Lipinski definition) is 2. The van der Waals surface area contributed by atoms with E-state index in [0.717, 1.165) is 49.1 Å². The van der Waals surface area contributed by atoms with Crippen LogP contribution in [0.25, 0.3) is 55.3 Å². The largest absolute Gasteiger partial charge is 0.436 e. The summed E-state index contributed by atoms with van der Waals surface area (Å²) in [5.74, 6) is 1.01. The maximum atomic E-state index is 6.22. The van der Waals surface area contributed by atoms with E-state index in [1.54, 1.807) is 0 Å². The molecule has 2 heterocycles. The summed E-state index contributed by atoms with van der Waals surface area (Å²) in [6.07, 6.45) is 16.4. The highest BCUT2D eigenvalue weighted by molar-refractivity contribution is 6.10. The van der Waals surface area contributed by atoms with Gasteiger partial charge in [0.25, 0.3) is 0 Å². The molecule has 0 aliphatic heterocycles. The number of nitrogens with zero attached hydrogens (tertiary/aromatic N) is 2. The number of aromatic nitrogens is 2. The number of oxazole rings is 1.